The summed E-state index contributed by atoms with van der Waals surface area (Å²) >= 11 is 0. The highest BCUT2D eigenvalue weighted by atomic mass is 16.3. The van der Waals surface area contributed by atoms with Crippen LogP contribution in [0.25, 0.3) is 0 Å². The number of amides is 1. The number of aliphatic hydroxyl groups is 1. The van der Waals surface area contributed by atoms with E-state index in [4.69, 9.17) is 16.6 Å². The number of nitrogens with two attached hydrogens (primary N) is 2. The predicted octanol–water partition coefficient (Wildman–Crippen LogP) is 0.582. The molecule has 0 fully saturated rings. The molecule has 0 spiro atoms. The van der Waals surface area contributed by atoms with Gasteiger partial charge in [-0.1, -0.05) is 13.8 Å². The van der Waals surface area contributed by atoms with Gasteiger partial charge in [0.1, 0.15) is 5.82 Å². The molecule has 6 heteroatoms. The molecule has 0 radical (unpaired) electrons. The van der Waals surface area contributed by atoms with Crippen molar-refractivity contribution >= 4 is 17.4 Å². The standard InChI is InChI=1S/C12H20N4O2/c1-7(2)10(3-4-17)16-12-9(11(14)18)5-8(13)6-15-12/h5-7,10,17H,3-4,13H2,1-2H3,(H2,14,18)(H,15,16). The topological polar surface area (TPSA) is 114 Å². The van der Waals surface area contributed by atoms with Gasteiger partial charge in [0.05, 0.1) is 17.4 Å². The number of hydrogen-bond acceptors (Lipinski definition) is 5. The number of aromatic nitrogens is 1. The fourth-order valence-corrected chi connectivity index (χ4v) is 1.67. The predicted molar refractivity (Wildman–Crippen MR) is 71.1 cm³/mol. The lowest BCUT2D eigenvalue weighted by atomic mass is 10.0. The first-order chi connectivity index (χ1) is 8.45. The van der Waals surface area contributed by atoms with E-state index in [9.17, 15) is 4.79 Å². The van der Waals surface area contributed by atoms with Gasteiger partial charge in [0, 0.05) is 12.6 Å². The summed E-state index contributed by atoms with van der Waals surface area (Å²) in [5.74, 6) is 0.116. The number of aliphatic hydroxyl groups excluding tert-OH is 1. The molecular weight excluding hydrogens is 232 g/mol. The maximum Gasteiger partial charge on any atom is 0.252 e. The van der Waals surface area contributed by atoms with E-state index in [-0.39, 0.29) is 24.1 Å². The number of nitrogens with zero attached hydrogens (tertiary/aromatic N) is 1. The van der Waals surface area contributed by atoms with Crippen molar-refractivity contribution < 1.29 is 9.90 Å². The van der Waals surface area contributed by atoms with Crippen molar-refractivity contribution in [2.45, 2.75) is 26.3 Å². The van der Waals surface area contributed by atoms with Gasteiger partial charge in [-0.15, -0.1) is 0 Å². The van der Waals surface area contributed by atoms with Gasteiger partial charge in [-0.05, 0) is 18.4 Å². The summed E-state index contributed by atoms with van der Waals surface area (Å²) in [5.41, 5.74) is 11.5. The molecule has 1 aromatic heterocycles. The van der Waals surface area contributed by atoms with E-state index >= 15 is 0 Å². The molecule has 0 bridgehead atoms. The molecular formula is C12H20N4O2. The Kier molecular flexibility index (Phi) is 4.91. The van der Waals surface area contributed by atoms with Gasteiger partial charge < -0.3 is 21.9 Å². The van der Waals surface area contributed by atoms with Crippen LogP contribution in [0.15, 0.2) is 12.3 Å². The van der Waals surface area contributed by atoms with Gasteiger partial charge in [-0.25, -0.2) is 4.98 Å². The van der Waals surface area contributed by atoms with Crippen LogP contribution in [0.4, 0.5) is 11.5 Å². The smallest absolute Gasteiger partial charge is 0.252 e. The highest BCUT2D eigenvalue weighted by molar-refractivity contribution is 5.98. The van der Waals surface area contributed by atoms with Gasteiger partial charge in [0.2, 0.25) is 0 Å². The highest BCUT2D eigenvalue weighted by Crippen LogP contribution is 2.19. The van der Waals surface area contributed by atoms with E-state index < -0.39 is 5.91 Å². The average Bonchev–Trinajstić information content (AvgIpc) is 2.30. The third-order valence-corrected chi connectivity index (χ3v) is 2.74. The normalized spacial score (nSPS) is 12.4. The highest BCUT2D eigenvalue weighted by Gasteiger charge is 2.17. The number of carbonyl (C=O) groups excluding carboxylic acids is 1. The van der Waals surface area contributed by atoms with Crippen LogP contribution in [0.3, 0.4) is 0 Å². The first kappa shape index (κ1) is 14.2. The largest absolute Gasteiger partial charge is 0.397 e. The molecule has 0 aliphatic rings. The monoisotopic (exact) mass is 252 g/mol. The Morgan fingerprint density at radius 3 is 2.72 bits per heavy atom. The van der Waals surface area contributed by atoms with Crippen LogP contribution >= 0.6 is 0 Å². The van der Waals surface area contributed by atoms with E-state index in [1.165, 1.54) is 12.3 Å². The number of carbonyl (C=O) groups is 1. The molecule has 1 unspecified atom stereocenters. The molecule has 100 valence electrons. The molecule has 0 saturated carbocycles. The number of primary amides is 1. The summed E-state index contributed by atoms with van der Waals surface area (Å²) in [6, 6.07) is 1.51. The van der Waals surface area contributed by atoms with Crippen LogP contribution in [0.2, 0.25) is 0 Å². The molecule has 1 rings (SSSR count). The third-order valence-electron chi connectivity index (χ3n) is 2.74. The molecule has 0 aliphatic heterocycles. The van der Waals surface area contributed by atoms with Crippen molar-refractivity contribution in [1.29, 1.82) is 0 Å². The van der Waals surface area contributed by atoms with Crippen molar-refractivity contribution in [2.24, 2.45) is 11.7 Å². The van der Waals surface area contributed by atoms with Gasteiger partial charge in [-0.2, -0.15) is 0 Å². The maximum atomic E-state index is 11.3. The summed E-state index contributed by atoms with van der Waals surface area (Å²) in [5, 5.41) is 12.1. The second kappa shape index (κ2) is 6.20. The van der Waals surface area contributed by atoms with Gasteiger partial charge in [0.25, 0.3) is 5.91 Å². The zero-order chi connectivity index (χ0) is 13.7. The quantitative estimate of drug-likeness (QED) is 0.591. The van der Waals surface area contributed by atoms with E-state index in [0.29, 0.717) is 17.9 Å². The minimum absolute atomic E-state index is 0.0178. The van der Waals surface area contributed by atoms with E-state index in [1.807, 2.05) is 13.8 Å². The van der Waals surface area contributed by atoms with Crippen molar-refractivity contribution in [3.05, 3.63) is 17.8 Å². The lowest BCUT2D eigenvalue weighted by Gasteiger charge is -2.23. The number of nitrogen functional groups attached to an aromatic ring is 1. The molecule has 1 atom stereocenters. The minimum Gasteiger partial charge on any atom is -0.397 e. The summed E-state index contributed by atoms with van der Waals surface area (Å²) in [6.07, 6.45) is 2.03. The Labute approximate surface area is 106 Å². The van der Waals surface area contributed by atoms with E-state index in [2.05, 4.69) is 10.3 Å². The Balaban J connectivity index is 2.98. The van der Waals surface area contributed by atoms with Crippen LogP contribution in [0.5, 0.6) is 0 Å². The SMILES string of the molecule is CC(C)C(CCO)Nc1ncc(N)cc1C(N)=O. The number of hydrogen-bond donors (Lipinski definition) is 4. The second-order valence-electron chi connectivity index (χ2n) is 4.54. The summed E-state index contributed by atoms with van der Waals surface area (Å²) in [4.78, 5) is 15.4. The van der Waals surface area contributed by atoms with Crippen molar-refractivity contribution in [2.75, 3.05) is 17.7 Å². The molecule has 1 aromatic rings. The lowest BCUT2D eigenvalue weighted by Crippen LogP contribution is -2.29. The molecule has 6 nitrogen and oxygen atoms in total. The second-order valence-corrected chi connectivity index (χ2v) is 4.54. The van der Waals surface area contributed by atoms with Crippen LogP contribution in [0.1, 0.15) is 30.6 Å². The summed E-state index contributed by atoms with van der Waals surface area (Å²) in [7, 11) is 0. The lowest BCUT2D eigenvalue weighted by molar-refractivity contribution is 0.100. The minimum atomic E-state index is -0.580. The number of anilines is 2. The first-order valence-electron chi connectivity index (χ1n) is 5.88. The zero-order valence-corrected chi connectivity index (χ0v) is 10.7. The molecule has 18 heavy (non-hydrogen) atoms. The van der Waals surface area contributed by atoms with Gasteiger partial charge >= 0.3 is 0 Å². The Morgan fingerprint density at radius 2 is 2.22 bits per heavy atom. The van der Waals surface area contributed by atoms with Crippen LogP contribution in [0, 0.1) is 5.92 Å². The van der Waals surface area contributed by atoms with Crippen molar-refractivity contribution in [3.63, 3.8) is 0 Å². The fourth-order valence-electron chi connectivity index (χ4n) is 1.67. The number of nitrogens with one attached hydrogen (secondary N) is 1. The van der Waals surface area contributed by atoms with E-state index in [0.717, 1.165) is 0 Å². The zero-order valence-electron chi connectivity index (χ0n) is 10.7. The van der Waals surface area contributed by atoms with Crippen LogP contribution in [-0.2, 0) is 0 Å². The molecule has 1 heterocycles. The van der Waals surface area contributed by atoms with Gasteiger partial charge in [-0.3, -0.25) is 4.79 Å². The van der Waals surface area contributed by atoms with Crippen molar-refractivity contribution in [1.82, 2.24) is 4.98 Å². The average molecular weight is 252 g/mol. The van der Waals surface area contributed by atoms with Gasteiger partial charge in [0.15, 0.2) is 0 Å². The van der Waals surface area contributed by atoms with Crippen LogP contribution in [-0.4, -0.2) is 28.6 Å². The van der Waals surface area contributed by atoms with Crippen LogP contribution < -0.4 is 16.8 Å². The maximum absolute atomic E-state index is 11.3. The molecule has 0 saturated heterocycles. The molecule has 0 aliphatic carbocycles. The Bertz CT molecular complexity index is 421. The summed E-state index contributed by atoms with van der Waals surface area (Å²) < 4.78 is 0. The van der Waals surface area contributed by atoms with Crippen molar-refractivity contribution in [3.8, 4) is 0 Å². The summed E-state index contributed by atoms with van der Waals surface area (Å²) in [6.45, 7) is 4.11. The molecule has 6 N–H and O–H groups in total. The molecule has 1 amide bonds. The first-order valence-corrected chi connectivity index (χ1v) is 5.88. The Morgan fingerprint density at radius 1 is 1.56 bits per heavy atom. The molecule has 0 aromatic carbocycles. The Hall–Kier alpha value is -1.82. The number of pyridine rings is 1. The third kappa shape index (κ3) is 3.59. The fraction of sp³-hybridized carbons (Fsp3) is 0.500. The number of rotatable bonds is 6. The van der Waals surface area contributed by atoms with E-state index in [1.54, 1.807) is 0 Å².